The number of rotatable bonds is 7. The number of nitrogens with zero attached hydrogens (tertiary/aromatic N) is 3. The quantitative estimate of drug-likeness (QED) is 0.671. The molecule has 144 valence electrons. The lowest BCUT2D eigenvalue weighted by Crippen LogP contribution is -2.32. The van der Waals surface area contributed by atoms with Crippen LogP contribution in [-0.4, -0.2) is 29.0 Å². The van der Waals surface area contributed by atoms with E-state index in [0.29, 0.717) is 23.9 Å². The van der Waals surface area contributed by atoms with Crippen LogP contribution in [0.25, 0.3) is 0 Å². The second-order valence-corrected chi connectivity index (χ2v) is 6.63. The third-order valence-electron chi connectivity index (χ3n) is 4.30. The molecule has 6 heteroatoms. The van der Waals surface area contributed by atoms with Crippen molar-refractivity contribution >= 4 is 17.5 Å². The lowest BCUT2D eigenvalue weighted by atomic mass is 10.2. The Bertz CT molecular complexity index is 911. The first-order valence-electron chi connectivity index (χ1n) is 9.16. The highest BCUT2D eigenvalue weighted by Gasteiger charge is 2.17. The molecule has 28 heavy (non-hydrogen) atoms. The largest absolute Gasteiger partial charge is 0.497 e. The van der Waals surface area contributed by atoms with Gasteiger partial charge in [-0.25, -0.2) is 9.97 Å². The van der Waals surface area contributed by atoms with Gasteiger partial charge in [-0.3, -0.25) is 4.79 Å². The second kappa shape index (κ2) is 8.99. The zero-order valence-electron chi connectivity index (χ0n) is 16.3. The van der Waals surface area contributed by atoms with E-state index in [-0.39, 0.29) is 11.9 Å². The van der Waals surface area contributed by atoms with Crippen molar-refractivity contribution in [3.63, 3.8) is 0 Å². The number of aromatic nitrogens is 2. The third-order valence-corrected chi connectivity index (χ3v) is 4.30. The van der Waals surface area contributed by atoms with E-state index in [1.807, 2.05) is 18.2 Å². The van der Waals surface area contributed by atoms with E-state index < -0.39 is 0 Å². The fourth-order valence-electron chi connectivity index (χ4n) is 2.75. The number of benzene rings is 2. The van der Waals surface area contributed by atoms with Crippen LogP contribution >= 0.6 is 0 Å². The first-order valence-corrected chi connectivity index (χ1v) is 9.16. The zero-order valence-corrected chi connectivity index (χ0v) is 16.3. The van der Waals surface area contributed by atoms with Crippen LogP contribution in [0.1, 0.15) is 29.9 Å². The summed E-state index contributed by atoms with van der Waals surface area (Å²) >= 11 is 0. The lowest BCUT2D eigenvalue weighted by molar-refractivity contribution is 0.102. The number of methoxy groups -OCH3 is 1. The van der Waals surface area contributed by atoms with Crippen molar-refractivity contribution in [2.75, 3.05) is 17.3 Å². The Labute approximate surface area is 165 Å². The number of hydrogen-bond donors (Lipinski definition) is 1. The Hall–Kier alpha value is -3.41. The van der Waals surface area contributed by atoms with Crippen LogP contribution in [-0.2, 0) is 6.54 Å². The molecule has 0 aliphatic rings. The van der Waals surface area contributed by atoms with E-state index in [2.05, 4.69) is 46.2 Å². The molecule has 0 atom stereocenters. The van der Waals surface area contributed by atoms with Gasteiger partial charge in [0.25, 0.3) is 5.91 Å². The maximum Gasteiger partial charge on any atom is 0.274 e. The molecule has 0 saturated heterocycles. The number of ether oxygens (including phenoxy) is 1. The minimum Gasteiger partial charge on any atom is -0.497 e. The van der Waals surface area contributed by atoms with Gasteiger partial charge in [-0.15, -0.1) is 0 Å². The molecule has 0 aliphatic carbocycles. The van der Waals surface area contributed by atoms with Crippen molar-refractivity contribution in [3.05, 3.63) is 78.1 Å². The first-order chi connectivity index (χ1) is 13.6. The lowest BCUT2D eigenvalue weighted by Gasteiger charge is -2.27. The van der Waals surface area contributed by atoms with E-state index in [0.717, 1.165) is 11.3 Å². The highest BCUT2D eigenvalue weighted by atomic mass is 16.5. The van der Waals surface area contributed by atoms with Crippen LogP contribution in [0.5, 0.6) is 5.75 Å². The van der Waals surface area contributed by atoms with Crippen molar-refractivity contribution in [1.29, 1.82) is 0 Å². The molecule has 1 amide bonds. The average Bonchev–Trinajstić information content (AvgIpc) is 2.73. The molecule has 0 bridgehead atoms. The van der Waals surface area contributed by atoms with Crippen molar-refractivity contribution in [2.24, 2.45) is 0 Å². The summed E-state index contributed by atoms with van der Waals surface area (Å²) in [5, 5.41) is 2.85. The zero-order chi connectivity index (χ0) is 19.9. The third kappa shape index (κ3) is 4.85. The number of amides is 1. The minimum atomic E-state index is -0.280. The Morgan fingerprint density at radius 1 is 1.07 bits per heavy atom. The van der Waals surface area contributed by atoms with Gasteiger partial charge in [0, 0.05) is 24.5 Å². The number of hydrogen-bond acceptors (Lipinski definition) is 5. The van der Waals surface area contributed by atoms with Gasteiger partial charge in [0.1, 0.15) is 11.4 Å². The number of carbonyl (C=O) groups is 1. The summed E-state index contributed by atoms with van der Waals surface area (Å²) in [6.07, 6.45) is 1.62. The molecule has 0 unspecified atom stereocenters. The summed E-state index contributed by atoms with van der Waals surface area (Å²) in [6.45, 7) is 4.83. The standard InChI is InChI=1S/C22H24N4O2/c1-16(2)26(15-17-7-5-4-6-8-17)22-23-14-13-20(25-22)21(27)24-18-9-11-19(28-3)12-10-18/h4-14,16H,15H2,1-3H3,(H,24,27). The average molecular weight is 376 g/mol. The van der Waals surface area contributed by atoms with Gasteiger partial charge in [0.15, 0.2) is 0 Å². The molecule has 1 N–H and O–H groups in total. The van der Waals surface area contributed by atoms with Gasteiger partial charge in [0.05, 0.1) is 7.11 Å². The summed E-state index contributed by atoms with van der Waals surface area (Å²) in [5.74, 6) is 0.981. The van der Waals surface area contributed by atoms with Crippen LogP contribution in [0.15, 0.2) is 66.9 Å². The highest BCUT2D eigenvalue weighted by Crippen LogP contribution is 2.18. The first kappa shape index (κ1) is 19.4. The van der Waals surface area contributed by atoms with Crippen molar-refractivity contribution in [3.8, 4) is 5.75 Å². The maximum atomic E-state index is 12.6. The second-order valence-electron chi connectivity index (χ2n) is 6.63. The molecule has 1 heterocycles. The Balaban J connectivity index is 1.78. The van der Waals surface area contributed by atoms with Crippen LogP contribution in [0.4, 0.5) is 11.6 Å². The fraction of sp³-hybridized carbons (Fsp3) is 0.227. The van der Waals surface area contributed by atoms with E-state index in [4.69, 9.17) is 4.74 Å². The molecule has 0 aliphatic heterocycles. The van der Waals surface area contributed by atoms with Gasteiger partial charge in [0.2, 0.25) is 5.95 Å². The SMILES string of the molecule is COc1ccc(NC(=O)c2ccnc(N(Cc3ccccc3)C(C)C)n2)cc1. The molecule has 0 saturated carbocycles. The van der Waals surface area contributed by atoms with E-state index in [1.165, 1.54) is 0 Å². The normalized spacial score (nSPS) is 10.6. The number of anilines is 2. The van der Waals surface area contributed by atoms with Gasteiger partial charge < -0.3 is 15.0 Å². The molecule has 2 aromatic carbocycles. The summed E-state index contributed by atoms with van der Waals surface area (Å²) in [6, 6.07) is 19.1. The van der Waals surface area contributed by atoms with Gasteiger partial charge >= 0.3 is 0 Å². The predicted octanol–water partition coefficient (Wildman–Crippen LogP) is 4.15. The van der Waals surface area contributed by atoms with Crippen LogP contribution in [0, 0.1) is 0 Å². The number of carbonyl (C=O) groups excluding carboxylic acids is 1. The monoisotopic (exact) mass is 376 g/mol. The predicted molar refractivity (Wildman–Crippen MR) is 111 cm³/mol. The van der Waals surface area contributed by atoms with E-state index in [1.54, 1.807) is 43.6 Å². The molecule has 3 rings (SSSR count). The van der Waals surface area contributed by atoms with E-state index >= 15 is 0 Å². The van der Waals surface area contributed by atoms with Gasteiger partial charge in [-0.1, -0.05) is 30.3 Å². The van der Waals surface area contributed by atoms with E-state index in [9.17, 15) is 4.79 Å². The van der Waals surface area contributed by atoms with Crippen LogP contribution in [0.3, 0.4) is 0 Å². The van der Waals surface area contributed by atoms with Gasteiger partial charge in [-0.05, 0) is 49.7 Å². The van der Waals surface area contributed by atoms with Crippen molar-refractivity contribution in [2.45, 2.75) is 26.4 Å². The van der Waals surface area contributed by atoms with Crippen molar-refractivity contribution in [1.82, 2.24) is 9.97 Å². The smallest absolute Gasteiger partial charge is 0.274 e. The Morgan fingerprint density at radius 2 is 1.79 bits per heavy atom. The van der Waals surface area contributed by atoms with Gasteiger partial charge in [-0.2, -0.15) is 0 Å². The summed E-state index contributed by atoms with van der Waals surface area (Å²) in [7, 11) is 1.60. The van der Waals surface area contributed by atoms with Crippen LogP contribution < -0.4 is 15.0 Å². The number of nitrogens with one attached hydrogen (secondary N) is 1. The molecular formula is C22H24N4O2. The molecule has 1 aromatic heterocycles. The Kier molecular flexibility index (Phi) is 6.22. The molecule has 0 spiro atoms. The summed E-state index contributed by atoms with van der Waals surface area (Å²) in [5.41, 5.74) is 2.16. The molecule has 0 radical (unpaired) electrons. The summed E-state index contributed by atoms with van der Waals surface area (Å²) in [4.78, 5) is 23.6. The topological polar surface area (TPSA) is 67.3 Å². The molecule has 6 nitrogen and oxygen atoms in total. The summed E-state index contributed by atoms with van der Waals surface area (Å²) < 4.78 is 5.13. The fourth-order valence-corrected chi connectivity index (χ4v) is 2.75. The van der Waals surface area contributed by atoms with Crippen LogP contribution in [0.2, 0.25) is 0 Å². The Morgan fingerprint density at radius 3 is 2.43 bits per heavy atom. The minimum absolute atomic E-state index is 0.181. The molecule has 0 fully saturated rings. The highest BCUT2D eigenvalue weighted by molar-refractivity contribution is 6.03. The maximum absolute atomic E-state index is 12.6. The van der Waals surface area contributed by atoms with Crippen molar-refractivity contribution < 1.29 is 9.53 Å². The molecule has 3 aromatic rings. The molecular weight excluding hydrogens is 352 g/mol.